The molecule has 0 heterocycles. The van der Waals surface area contributed by atoms with Gasteiger partial charge < -0.3 is 19.3 Å². The number of aliphatic hydroxyl groups is 1. The molecule has 0 aliphatic heterocycles. The summed E-state index contributed by atoms with van der Waals surface area (Å²) >= 11 is 0. The van der Waals surface area contributed by atoms with Gasteiger partial charge >= 0.3 is 18.2 Å². The van der Waals surface area contributed by atoms with E-state index in [-0.39, 0.29) is 12.2 Å². The lowest BCUT2D eigenvalue weighted by atomic mass is 10.4. The number of esters is 1. The number of rotatable bonds is 12. The molecule has 0 bridgehead atoms. The van der Waals surface area contributed by atoms with Crippen LogP contribution < -0.4 is 0 Å². The molecular formula is C12H18F4O6. The summed E-state index contributed by atoms with van der Waals surface area (Å²) in [5, 5.41) is 8.32. The van der Waals surface area contributed by atoms with Crippen LogP contribution in [0.4, 0.5) is 17.6 Å². The van der Waals surface area contributed by atoms with Gasteiger partial charge in [-0.05, 0) is 6.92 Å². The predicted molar refractivity (Wildman–Crippen MR) is 65.5 cm³/mol. The smallest absolute Gasteiger partial charge is 0.383 e. The van der Waals surface area contributed by atoms with Crippen molar-refractivity contribution in [3.63, 3.8) is 0 Å². The van der Waals surface area contributed by atoms with Gasteiger partial charge in [0.15, 0.2) is 0 Å². The van der Waals surface area contributed by atoms with Crippen LogP contribution in [0.25, 0.3) is 0 Å². The highest BCUT2D eigenvalue weighted by molar-refractivity contribution is 5.86. The second-order valence-corrected chi connectivity index (χ2v) is 4.12. The second-order valence-electron chi connectivity index (χ2n) is 4.12. The van der Waals surface area contributed by atoms with E-state index < -0.39 is 51.2 Å². The van der Waals surface area contributed by atoms with E-state index in [0.717, 1.165) is 0 Å². The van der Waals surface area contributed by atoms with Crippen LogP contribution in [-0.4, -0.2) is 62.9 Å². The maximum Gasteiger partial charge on any atom is 0.383 e. The summed E-state index contributed by atoms with van der Waals surface area (Å²) in [7, 11) is 0. The Labute approximate surface area is 124 Å². The zero-order valence-electron chi connectivity index (χ0n) is 12.0. The molecule has 0 aromatic rings. The van der Waals surface area contributed by atoms with Crippen molar-refractivity contribution >= 4 is 5.97 Å². The van der Waals surface area contributed by atoms with Crippen molar-refractivity contribution in [2.75, 3.05) is 39.6 Å². The van der Waals surface area contributed by atoms with Crippen LogP contribution in [0.15, 0.2) is 12.2 Å². The minimum Gasteiger partial charge on any atom is -0.460 e. The van der Waals surface area contributed by atoms with Crippen molar-refractivity contribution in [3.05, 3.63) is 12.2 Å². The Morgan fingerprint density at radius 3 is 2.00 bits per heavy atom. The highest BCUT2D eigenvalue weighted by Crippen LogP contribution is 2.27. The van der Waals surface area contributed by atoms with Crippen LogP contribution in [-0.2, 0) is 23.7 Å². The SMILES string of the molecule is C=C(C)C(=O)OCCOCC(F)(F)OC(F)(F)COCCO. The third kappa shape index (κ3) is 10.5. The molecule has 0 radical (unpaired) electrons. The molecule has 0 aliphatic rings. The van der Waals surface area contributed by atoms with E-state index in [1.807, 2.05) is 0 Å². The fourth-order valence-electron chi connectivity index (χ4n) is 1.04. The fraction of sp³-hybridized carbons (Fsp3) is 0.750. The summed E-state index contributed by atoms with van der Waals surface area (Å²) < 4.78 is 68.6. The van der Waals surface area contributed by atoms with Gasteiger partial charge in [0.25, 0.3) is 0 Å². The van der Waals surface area contributed by atoms with Crippen molar-refractivity contribution in [1.82, 2.24) is 0 Å². The molecule has 0 amide bonds. The van der Waals surface area contributed by atoms with Crippen molar-refractivity contribution in [2.45, 2.75) is 19.1 Å². The van der Waals surface area contributed by atoms with E-state index in [1.165, 1.54) is 6.92 Å². The lowest BCUT2D eigenvalue weighted by Crippen LogP contribution is -2.40. The Morgan fingerprint density at radius 2 is 1.55 bits per heavy atom. The Hall–Kier alpha value is -1.23. The zero-order chi connectivity index (χ0) is 17.2. The molecule has 0 spiro atoms. The van der Waals surface area contributed by atoms with Gasteiger partial charge in [-0.3, -0.25) is 4.74 Å². The first-order chi connectivity index (χ1) is 10.1. The molecule has 130 valence electrons. The van der Waals surface area contributed by atoms with Gasteiger partial charge in [-0.25, -0.2) is 4.79 Å². The fourth-order valence-corrected chi connectivity index (χ4v) is 1.04. The van der Waals surface area contributed by atoms with Gasteiger partial charge in [0.05, 0.1) is 19.8 Å². The van der Waals surface area contributed by atoms with Crippen molar-refractivity contribution in [2.24, 2.45) is 0 Å². The quantitative estimate of drug-likeness (QED) is 0.251. The van der Waals surface area contributed by atoms with Crippen LogP contribution in [0.5, 0.6) is 0 Å². The minimum atomic E-state index is -4.26. The lowest BCUT2D eigenvalue weighted by molar-refractivity contribution is -0.393. The van der Waals surface area contributed by atoms with Crippen LogP contribution >= 0.6 is 0 Å². The topological polar surface area (TPSA) is 74.2 Å². The van der Waals surface area contributed by atoms with E-state index in [0.29, 0.717) is 0 Å². The first kappa shape index (κ1) is 20.8. The highest BCUT2D eigenvalue weighted by Gasteiger charge is 2.44. The first-order valence-electron chi connectivity index (χ1n) is 6.14. The molecule has 0 unspecified atom stereocenters. The Kier molecular flexibility index (Phi) is 9.18. The molecular weight excluding hydrogens is 316 g/mol. The number of ether oxygens (including phenoxy) is 4. The molecule has 0 saturated carbocycles. The largest absolute Gasteiger partial charge is 0.460 e. The minimum absolute atomic E-state index is 0.121. The summed E-state index contributed by atoms with van der Waals surface area (Å²) in [5.41, 5.74) is 0.121. The normalized spacial score (nSPS) is 12.3. The molecule has 0 rings (SSSR count). The summed E-state index contributed by atoms with van der Waals surface area (Å²) in [5.74, 6) is -0.723. The molecule has 6 nitrogen and oxygen atoms in total. The molecule has 10 heteroatoms. The molecule has 0 fully saturated rings. The molecule has 0 atom stereocenters. The molecule has 22 heavy (non-hydrogen) atoms. The summed E-state index contributed by atoms with van der Waals surface area (Å²) in [4.78, 5) is 10.9. The predicted octanol–water partition coefficient (Wildman–Crippen LogP) is 1.33. The summed E-state index contributed by atoms with van der Waals surface area (Å²) in [6.07, 6.45) is -8.50. The monoisotopic (exact) mass is 334 g/mol. The Balaban J connectivity index is 3.98. The Morgan fingerprint density at radius 1 is 1.05 bits per heavy atom. The van der Waals surface area contributed by atoms with Gasteiger partial charge in [0.1, 0.15) is 19.8 Å². The van der Waals surface area contributed by atoms with Crippen LogP contribution in [0.2, 0.25) is 0 Å². The van der Waals surface area contributed by atoms with Gasteiger partial charge in [0.2, 0.25) is 0 Å². The average molecular weight is 334 g/mol. The number of hydrogen-bond acceptors (Lipinski definition) is 6. The van der Waals surface area contributed by atoms with E-state index in [2.05, 4.69) is 25.5 Å². The van der Waals surface area contributed by atoms with Gasteiger partial charge in [0, 0.05) is 5.57 Å². The first-order valence-corrected chi connectivity index (χ1v) is 6.14. The van der Waals surface area contributed by atoms with Crippen molar-refractivity contribution < 1.29 is 46.4 Å². The standard InChI is InChI=1S/C12H18F4O6/c1-9(2)10(18)21-6-5-20-8-12(15,16)22-11(13,14)7-19-4-3-17/h17H,1,3-8H2,2H3. The molecule has 0 aromatic carbocycles. The zero-order valence-corrected chi connectivity index (χ0v) is 12.0. The van der Waals surface area contributed by atoms with Crippen LogP contribution in [0.3, 0.4) is 0 Å². The number of aliphatic hydroxyl groups excluding tert-OH is 1. The maximum atomic E-state index is 13.1. The van der Waals surface area contributed by atoms with E-state index in [4.69, 9.17) is 5.11 Å². The average Bonchev–Trinajstić information content (AvgIpc) is 2.36. The van der Waals surface area contributed by atoms with E-state index in [1.54, 1.807) is 0 Å². The number of carbonyl (C=O) groups is 1. The lowest BCUT2D eigenvalue weighted by Gasteiger charge is -2.23. The maximum absolute atomic E-state index is 13.1. The molecule has 0 aromatic heterocycles. The van der Waals surface area contributed by atoms with E-state index in [9.17, 15) is 22.4 Å². The second kappa shape index (κ2) is 9.72. The summed E-state index contributed by atoms with van der Waals surface area (Å²) in [6.45, 7) is 0.0843. The van der Waals surface area contributed by atoms with Gasteiger partial charge in [-0.15, -0.1) is 0 Å². The van der Waals surface area contributed by atoms with Crippen molar-refractivity contribution in [3.8, 4) is 0 Å². The molecule has 0 aliphatic carbocycles. The number of alkyl halides is 4. The molecule has 1 N–H and O–H groups in total. The summed E-state index contributed by atoms with van der Waals surface area (Å²) in [6, 6.07) is 0. The number of hydrogen-bond donors (Lipinski definition) is 1. The third-order valence-electron chi connectivity index (χ3n) is 1.88. The Bertz CT molecular complexity index is 362. The van der Waals surface area contributed by atoms with E-state index >= 15 is 0 Å². The van der Waals surface area contributed by atoms with Gasteiger partial charge in [-0.2, -0.15) is 17.6 Å². The number of carbonyl (C=O) groups excluding carboxylic acids is 1. The number of halogens is 4. The molecule has 0 saturated heterocycles. The van der Waals surface area contributed by atoms with Crippen molar-refractivity contribution in [1.29, 1.82) is 0 Å². The van der Waals surface area contributed by atoms with Crippen LogP contribution in [0.1, 0.15) is 6.92 Å². The van der Waals surface area contributed by atoms with Gasteiger partial charge in [-0.1, -0.05) is 6.58 Å². The van der Waals surface area contributed by atoms with Crippen LogP contribution in [0, 0.1) is 0 Å². The highest BCUT2D eigenvalue weighted by atomic mass is 19.3. The third-order valence-corrected chi connectivity index (χ3v) is 1.88.